The number of para-hydroxylation sites is 1. The summed E-state index contributed by atoms with van der Waals surface area (Å²) in [6.45, 7) is 3.88. The molecule has 2 aliphatic rings. The van der Waals surface area contributed by atoms with Gasteiger partial charge in [-0.1, -0.05) is 73.2 Å². The van der Waals surface area contributed by atoms with Crippen LogP contribution in [0.25, 0.3) is 0 Å². The van der Waals surface area contributed by atoms with E-state index in [1.54, 1.807) is 11.8 Å². The van der Waals surface area contributed by atoms with E-state index in [1.165, 1.54) is 29.7 Å². The maximum atomic E-state index is 14.6. The van der Waals surface area contributed by atoms with Crippen molar-refractivity contribution >= 4 is 23.4 Å². The number of amides is 1. The fourth-order valence-electron chi connectivity index (χ4n) is 5.81. The topological polar surface area (TPSA) is 26.8 Å². The van der Waals surface area contributed by atoms with Gasteiger partial charge in [0.2, 0.25) is 0 Å². The summed E-state index contributed by atoms with van der Waals surface area (Å²) in [6, 6.07) is 27.3. The average Bonchev–Trinajstić information content (AvgIpc) is 3.17. The van der Waals surface area contributed by atoms with E-state index in [-0.39, 0.29) is 5.91 Å². The molecular formula is C30H35N3OS. The summed E-state index contributed by atoms with van der Waals surface area (Å²) in [7, 11) is 2.04. The van der Waals surface area contributed by atoms with Gasteiger partial charge < -0.3 is 4.90 Å². The highest BCUT2D eigenvalue weighted by Gasteiger charge is 2.53. The third-order valence-corrected chi connectivity index (χ3v) is 8.44. The van der Waals surface area contributed by atoms with Crippen LogP contribution < -0.4 is 5.01 Å². The summed E-state index contributed by atoms with van der Waals surface area (Å²) in [5, 5.41) is 4.04. The average molecular weight is 486 g/mol. The number of hydrazine groups is 1. The molecule has 0 radical (unpaired) electrons. The van der Waals surface area contributed by atoms with Gasteiger partial charge in [0, 0.05) is 18.5 Å². The summed E-state index contributed by atoms with van der Waals surface area (Å²) in [4.78, 5) is 18.4. The number of likely N-dealkylation sites (tertiary alicyclic amines) is 1. The molecule has 2 heterocycles. The third kappa shape index (κ3) is 4.53. The number of rotatable bonds is 8. The molecule has 0 spiro atoms. The number of carbonyl (C=O) groups excluding carboxylic acids is 1. The Balaban J connectivity index is 1.54. The maximum absolute atomic E-state index is 14.6. The van der Waals surface area contributed by atoms with Crippen molar-refractivity contribution in [2.45, 2.75) is 42.5 Å². The highest BCUT2D eigenvalue weighted by molar-refractivity contribution is 7.98. The molecule has 1 atom stereocenters. The molecule has 0 aliphatic carbocycles. The quantitative estimate of drug-likeness (QED) is 0.368. The lowest BCUT2D eigenvalue weighted by atomic mass is 9.72. The minimum absolute atomic E-state index is 0.158. The van der Waals surface area contributed by atoms with Crippen LogP contribution in [0.4, 0.5) is 5.69 Å². The maximum Gasteiger partial charge on any atom is 0.256 e. The van der Waals surface area contributed by atoms with Crippen LogP contribution in [0.2, 0.25) is 0 Å². The molecule has 1 fully saturated rings. The fraction of sp³-hybridized carbons (Fsp3) is 0.367. The molecule has 0 bridgehead atoms. The molecule has 3 aromatic carbocycles. The van der Waals surface area contributed by atoms with Gasteiger partial charge in [-0.15, -0.1) is 11.8 Å². The first kappa shape index (κ1) is 24.1. The van der Waals surface area contributed by atoms with Gasteiger partial charge in [-0.25, -0.2) is 10.0 Å². The second-order valence-electron chi connectivity index (χ2n) is 9.69. The molecule has 2 aliphatic heterocycles. The molecule has 1 amide bonds. The molecule has 0 saturated carbocycles. The van der Waals surface area contributed by atoms with E-state index >= 15 is 0 Å². The minimum atomic E-state index is -0.678. The number of thioether (sulfide) groups is 1. The number of hydrogen-bond acceptors (Lipinski definition) is 4. The number of hydrogen-bond donors (Lipinski definition) is 0. The molecule has 5 rings (SSSR count). The third-order valence-electron chi connectivity index (χ3n) is 7.60. The number of anilines is 1. The monoisotopic (exact) mass is 485 g/mol. The van der Waals surface area contributed by atoms with Crippen LogP contribution in [-0.2, 0) is 16.8 Å². The zero-order chi connectivity index (χ0) is 24.3. The number of fused-ring (bicyclic) bond motifs is 1. The van der Waals surface area contributed by atoms with Gasteiger partial charge in [0.25, 0.3) is 5.91 Å². The normalized spacial score (nSPS) is 20.4. The fourth-order valence-corrected chi connectivity index (χ4v) is 6.42. The van der Waals surface area contributed by atoms with Crippen molar-refractivity contribution in [1.82, 2.24) is 9.91 Å². The van der Waals surface area contributed by atoms with Crippen LogP contribution >= 0.6 is 11.8 Å². The lowest BCUT2D eigenvalue weighted by Crippen LogP contribution is -2.49. The predicted molar refractivity (Wildman–Crippen MR) is 146 cm³/mol. The summed E-state index contributed by atoms with van der Waals surface area (Å²) in [5.74, 6) is 0.158. The van der Waals surface area contributed by atoms with Crippen molar-refractivity contribution in [2.24, 2.45) is 0 Å². The van der Waals surface area contributed by atoms with Crippen molar-refractivity contribution < 1.29 is 4.79 Å². The van der Waals surface area contributed by atoms with Crippen molar-refractivity contribution in [3.63, 3.8) is 0 Å². The molecule has 0 unspecified atom stereocenters. The molecule has 3 aromatic rings. The number of benzene rings is 3. The van der Waals surface area contributed by atoms with Gasteiger partial charge in [0.15, 0.2) is 0 Å². The van der Waals surface area contributed by atoms with Gasteiger partial charge in [-0.3, -0.25) is 4.79 Å². The molecule has 4 nitrogen and oxygen atoms in total. The summed E-state index contributed by atoms with van der Waals surface area (Å²) in [6.07, 6.45) is 6.73. The van der Waals surface area contributed by atoms with Gasteiger partial charge in [0.05, 0.1) is 5.69 Å². The molecule has 5 heteroatoms. The minimum Gasteiger partial charge on any atom is -0.303 e. The number of piperidine rings is 1. The second kappa shape index (κ2) is 10.6. The zero-order valence-electron chi connectivity index (χ0n) is 20.8. The van der Waals surface area contributed by atoms with Crippen molar-refractivity contribution in [2.75, 3.05) is 37.9 Å². The Morgan fingerprint density at radius 3 is 2.34 bits per heavy atom. The first-order valence-corrected chi connectivity index (χ1v) is 13.9. The van der Waals surface area contributed by atoms with Crippen molar-refractivity contribution in [3.05, 3.63) is 95.6 Å². The van der Waals surface area contributed by atoms with Crippen LogP contribution in [0, 0.1) is 0 Å². The largest absolute Gasteiger partial charge is 0.303 e. The Labute approximate surface area is 213 Å². The first-order valence-electron chi connectivity index (χ1n) is 12.7. The van der Waals surface area contributed by atoms with Crippen molar-refractivity contribution in [3.8, 4) is 0 Å². The van der Waals surface area contributed by atoms with E-state index < -0.39 is 5.41 Å². The Hall–Kier alpha value is -2.60. The lowest BCUT2D eigenvalue weighted by molar-refractivity contribution is -0.125. The van der Waals surface area contributed by atoms with Crippen molar-refractivity contribution in [1.29, 1.82) is 0 Å². The van der Waals surface area contributed by atoms with Crippen LogP contribution in [0.5, 0.6) is 0 Å². The second-order valence-corrected chi connectivity index (χ2v) is 10.5. The summed E-state index contributed by atoms with van der Waals surface area (Å²) < 4.78 is 0. The summed E-state index contributed by atoms with van der Waals surface area (Å²) >= 11 is 1.75. The number of nitrogens with zero attached hydrogens (tertiary/aromatic N) is 3. The Bertz CT molecular complexity index is 1160. The zero-order valence-corrected chi connectivity index (χ0v) is 21.6. The van der Waals surface area contributed by atoms with Crippen LogP contribution in [0.3, 0.4) is 0 Å². The predicted octanol–water partition coefficient (Wildman–Crippen LogP) is 5.96. The van der Waals surface area contributed by atoms with Crippen LogP contribution in [-0.4, -0.2) is 48.8 Å². The van der Waals surface area contributed by atoms with E-state index in [1.807, 2.05) is 18.1 Å². The Morgan fingerprint density at radius 2 is 1.57 bits per heavy atom. The SMILES string of the molecule is CSc1ccccc1CN(C)N1C(=O)[C@@](CCN2CCCCC2)(c2ccccc2)c2ccccc21. The molecule has 182 valence electrons. The van der Waals surface area contributed by atoms with Gasteiger partial charge in [-0.2, -0.15) is 0 Å². The molecule has 0 aromatic heterocycles. The van der Waals surface area contributed by atoms with Gasteiger partial charge >= 0.3 is 0 Å². The Morgan fingerprint density at radius 1 is 0.886 bits per heavy atom. The number of carbonyl (C=O) groups is 1. The smallest absolute Gasteiger partial charge is 0.256 e. The van der Waals surface area contributed by atoms with Crippen LogP contribution in [0.15, 0.2) is 83.8 Å². The Kier molecular flexibility index (Phi) is 7.28. The van der Waals surface area contributed by atoms with Crippen LogP contribution in [0.1, 0.15) is 42.4 Å². The van der Waals surface area contributed by atoms with E-state index in [2.05, 4.69) is 89.0 Å². The first-order chi connectivity index (χ1) is 17.1. The van der Waals surface area contributed by atoms with Gasteiger partial charge in [-0.05, 0) is 74.0 Å². The van der Waals surface area contributed by atoms with E-state index in [0.717, 1.165) is 42.9 Å². The summed E-state index contributed by atoms with van der Waals surface area (Å²) in [5.41, 5.74) is 3.78. The highest BCUT2D eigenvalue weighted by Crippen LogP contribution is 2.49. The highest BCUT2D eigenvalue weighted by atomic mass is 32.2. The lowest BCUT2D eigenvalue weighted by Gasteiger charge is -2.35. The molecule has 1 saturated heterocycles. The van der Waals surface area contributed by atoms with E-state index in [9.17, 15) is 4.79 Å². The molecular weight excluding hydrogens is 450 g/mol. The molecule has 35 heavy (non-hydrogen) atoms. The molecule has 0 N–H and O–H groups in total. The van der Waals surface area contributed by atoms with E-state index in [0.29, 0.717) is 6.54 Å². The van der Waals surface area contributed by atoms with E-state index in [4.69, 9.17) is 0 Å². The van der Waals surface area contributed by atoms with Gasteiger partial charge in [0.1, 0.15) is 5.41 Å². The standard InChI is InChI=1S/C30H35N3OS/c1-31(23-24-13-7-10-18-28(24)35-2)33-27-17-9-8-16-26(27)30(29(33)34,25-14-5-3-6-15-25)19-22-32-20-11-4-12-21-32/h3,5-10,13-18H,4,11-12,19-23H2,1-2H3/t30-/m0/s1.